The average Bonchev–Trinajstić information content (AvgIpc) is 3.11. The largest absolute Gasteiger partial charge is 0.368 e. The molecule has 0 atom stereocenters. The third-order valence-electron chi connectivity index (χ3n) is 6.08. The zero-order valence-corrected chi connectivity index (χ0v) is 18.0. The lowest BCUT2D eigenvalue weighted by molar-refractivity contribution is 0.585. The average molecular weight is 404 g/mol. The van der Waals surface area contributed by atoms with Gasteiger partial charge in [0.15, 0.2) is 0 Å². The maximum absolute atomic E-state index is 4.99. The van der Waals surface area contributed by atoms with Crippen LogP contribution in [-0.4, -0.2) is 50.7 Å². The molecule has 4 heterocycles. The molecule has 0 unspecified atom stereocenters. The molecule has 30 heavy (non-hydrogen) atoms. The van der Waals surface area contributed by atoms with Gasteiger partial charge in [-0.2, -0.15) is 0 Å². The van der Waals surface area contributed by atoms with Crippen molar-refractivity contribution in [2.45, 2.75) is 46.1 Å². The van der Waals surface area contributed by atoms with E-state index in [2.05, 4.69) is 52.7 Å². The van der Waals surface area contributed by atoms with Crippen LogP contribution < -0.4 is 10.2 Å². The molecule has 7 nitrogen and oxygen atoms in total. The minimum absolute atomic E-state index is 0.352. The Morgan fingerprint density at radius 1 is 1.03 bits per heavy atom. The second kappa shape index (κ2) is 7.80. The highest BCUT2D eigenvalue weighted by Gasteiger charge is 2.26. The topological polar surface area (TPSA) is 71.8 Å². The summed E-state index contributed by atoms with van der Waals surface area (Å²) in [7, 11) is 0. The molecule has 7 heteroatoms. The van der Waals surface area contributed by atoms with Crippen LogP contribution in [0.5, 0.6) is 0 Å². The van der Waals surface area contributed by atoms with Gasteiger partial charge in [-0.15, -0.1) is 0 Å². The van der Waals surface area contributed by atoms with Crippen molar-refractivity contribution in [1.82, 2.24) is 29.8 Å². The highest BCUT2D eigenvalue weighted by molar-refractivity contribution is 5.65. The smallest absolute Gasteiger partial charge is 0.134 e. The second-order valence-electron chi connectivity index (χ2n) is 8.50. The van der Waals surface area contributed by atoms with Crippen molar-refractivity contribution < 1.29 is 0 Å². The first-order chi connectivity index (χ1) is 14.6. The molecule has 1 aliphatic carbocycles. The number of aromatic nitrogens is 5. The lowest BCUT2D eigenvalue weighted by atomic mass is 9.97. The molecule has 3 aromatic rings. The third-order valence-corrected chi connectivity index (χ3v) is 6.08. The van der Waals surface area contributed by atoms with E-state index in [-0.39, 0.29) is 0 Å². The van der Waals surface area contributed by atoms with Gasteiger partial charge in [-0.1, -0.05) is 0 Å². The SMILES string of the molecule is Cc1nc2c(n1C(C)C)-c1nc(Cc3ccc(N4CCNCC4)cn3)ncc1CC2. The standard InChI is InChI=1S/C23H29N7/c1-15(2)30-16(3)27-20-7-4-17-13-26-21(28-22(17)23(20)30)12-18-5-6-19(14-25-18)29-10-8-24-9-11-29/h5-6,13-15,24H,4,7-12H2,1-3H3. The van der Waals surface area contributed by atoms with Gasteiger partial charge in [0.25, 0.3) is 0 Å². The van der Waals surface area contributed by atoms with Crippen molar-refractivity contribution in [3.05, 3.63) is 53.1 Å². The molecule has 0 aromatic carbocycles. The zero-order chi connectivity index (χ0) is 20.7. The summed E-state index contributed by atoms with van der Waals surface area (Å²) < 4.78 is 2.31. The van der Waals surface area contributed by atoms with Crippen LogP contribution in [0.4, 0.5) is 5.69 Å². The monoisotopic (exact) mass is 403 g/mol. The summed E-state index contributed by atoms with van der Waals surface area (Å²) in [5, 5.41) is 3.39. The lowest BCUT2D eigenvalue weighted by Crippen LogP contribution is -2.43. The number of rotatable bonds is 4. The molecule has 1 fully saturated rings. The number of nitrogens with zero attached hydrogens (tertiary/aromatic N) is 6. The molecule has 1 saturated heterocycles. The Labute approximate surface area is 177 Å². The first-order valence-corrected chi connectivity index (χ1v) is 10.9. The minimum atomic E-state index is 0.352. The molecule has 5 rings (SSSR count). The van der Waals surface area contributed by atoms with Crippen LogP contribution >= 0.6 is 0 Å². The summed E-state index contributed by atoms with van der Waals surface area (Å²) in [6, 6.07) is 4.62. The second-order valence-corrected chi connectivity index (χ2v) is 8.50. The molecule has 156 valence electrons. The summed E-state index contributed by atoms with van der Waals surface area (Å²) in [4.78, 5) is 21.5. The number of aryl methyl sites for hydroxylation is 3. The van der Waals surface area contributed by atoms with Gasteiger partial charge < -0.3 is 14.8 Å². The maximum Gasteiger partial charge on any atom is 0.134 e. The predicted octanol–water partition coefficient (Wildman–Crippen LogP) is 2.72. The van der Waals surface area contributed by atoms with Gasteiger partial charge in [-0.3, -0.25) is 4.98 Å². The minimum Gasteiger partial charge on any atom is -0.368 e. The fourth-order valence-corrected chi connectivity index (χ4v) is 4.62. The van der Waals surface area contributed by atoms with Gasteiger partial charge in [0.1, 0.15) is 11.6 Å². The van der Waals surface area contributed by atoms with Crippen molar-refractivity contribution in [3.63, 3.8) is 0 Å². The van der Waals surface area contributed by atoms with E-state index in [1.807, 2.05) is 12.4 Å². The summed E-state index contributed by atoms with van der Waals surface area (Å²) in [6.07, 6.45) is 6.53. The molecule has 0 bridgehead atoms. The number of pyridine rings is 1. The number of nitrogens with one attached hydrogen (secondary N) is 1. The number of hydrogen-bond donors (Lipinski definition) is 1. The molecule has 0 amide bonds. The van der Waals surface area contributed by atoms with Gasteiger partial charge in [-0.05, 0) is 51.3 Å². The Balaban J connectivity index is 1.42. The van der Waals surface area contributed by atoms with E-state index in [0.29, 0.717) is 12.5 Å². The van der Waals surface area contributed by atoms with Crippen LogP contribution in [0.3, 0.4) is 0 Å². The zero-order valence-electron chi connectivity index (χ0n) is 18.0. The number of anilines is 1. The highest BCUT2D eigenvalue weighted by Crippen LogP contribution is 2.34. The van der Waals surface area contributed by atoms with Crippen LogP contribution in [-0.2, 0) is 19.3 Å². The molecule has 3 aromatic heterocycles. The molecule has 1 N–H and O–H groups in total. The molecular formula is C23H29N7. The Kier molecular flexibility index (Phi) is 4.98. The Bertz CT molecular complexity index is 1050. The van der Waals surface area contributed by atoms with Crippen molar-refractivity contribution in [2.24, 2.45) is 0 Å². The van der Waals surface area contributed by atoms with Crippen molar-refractivity contribution in [3.8, 4) is 11.4 Å². The summed E-state index contributed by atoms with van der Waals surface area (Å²) in [5.74, 6) is 1.88. The summed E-state index contributed by atoms with van der Waals surface area (Å²) in [6.45, 7) is 10.6. The quantitative estimate of drug-likeness (QED) is 0.722. The number of hydrogen-bond acceptors (Lipinski definition) is 6. The van der Waals surface area contributed by atoms with Crippen LogP contribution in [0.1, 0.15) is 48.5 Å². The number of piperazine rings is 1. The van der Waals surface area contributed by atoms with Crippen LogP contribution in [0.2, 0.25) is 0 Å². The summed E-state index contributed by atoms with van der Waals surface area (Å²) in [5.41, 5.74) is 6.79. The van der Waals surface area contributed by atoms with Gasteiger partial charge in [-0.25, -0.2) is 15.0 Å². The fourth-order valence-electron chi connectivity index (χ4n) is 4.62. The van der Waals surface area contributed by atoms with Gasteiger partial charge in [0.2, 0.25) is 0 Å². The lowest BCUT2D eigenvalue weighted by Gasteiger charge is -2.29. The van der Waals surface area contributed by atoms with E-state index < -0.39 is 0 Å². The molecular weight excluding hydrogens is 374 g/mol. The van der Waals surface area contributed by atoms with Crippen LogP contribution in [0.15, 0.2) is 24.5 Å². The predicted molar refractivity (Wildman–Crippen MR) is 118 cm³/mol. The van der Waals surface area contributed by atoms with E-state index in [9.17, 15) is 0 Å². The maximum atomic E-state index is 4.99. The van der Waals surface area contributed by atoms with Crippen molar-refractivity contribution in [2.75, 3.05) is 31.1 Å². The summed E-state index contributed by atoms with van der Waals surface area (Å²) >= 11 is 0. The van der Waals surface area contributed by atoms with E-state index >= 15 is 0 Å². The Morgan fingerprint density at radius 2 is 1.87 bits per heavy atom. The van der Waals surface area contributed by atoms with E-state index in [1.54, 1.807) is 0 Å². The molecule has 0 radical (unpaired) electrons. The van der Waals surface area contributed by atoms with E-state index in [4.69, 9.17) is 15.0 Å². The molecule has 0 saturated carbocycles. The first kappa shape index (κ1) is 19.2. The molecule has 1 aliphatic heterocycles. The number of fused-ring (bicyclic) bond motifs is 3. The van der Waals surface area contributed by atoms with E-state index in [1.165, 1.54) is 16.9 Å². The van der Waals surface area contributed by atoms with E-state index in [0.717, 1.165) is 67.8 Å². The van der Waals surface area contributed by atoms with Gasteiger partial charge in [0, 0.05) is 44.1 Å². The van der Waals surface area contributed by atoms with Gasteiger partial charge in [0.05, 0.1) is 35.4 Å². The number of imidazole rings is 1. The Hall–Kier alpha value is -2.80. The normalized spacial score (nSPS) is 15.9. The Morgan fingerprint density at radius 3 is 2.60 bits per heavy atom. The van der Waals surface area contributed by atoms with Gasteiger partial charge >= 0.3 is 0 Å². The van der Waals surface area contributed by atoms with Crippen molar-refractivity contribution >= 4 is 5.69 Å². The molecule has 0 spiro atoms. The first-order valence-electron chi connectivity index (χ1n) is 10.9. The molecule has 2 aliphatic rings. The van der Waals surface area contributed by atoms with Crippen LogP contribution in [0.25, 0.3) is 11.4 Å². The third kappa shape index (κ3) is 3.47. The van der Waals surface area contributed by atoms with Crippen LogP contribution in [0, 0.1) is 6.92 Å². The highest BCUT2D eigenvalue weighted by atomic mass is 15.2. The fraction of sp³-hybridized carbons (Fsp3) is 0.478. The van der Waals surface area contributed by atoms with Crippen molar-refractivity contribution in [1.29, 1.82) is 0 Å².